The molecule has 0 aliphatic carbocycles. The van der Waals surface area contributed by atoms with Crippen LogP contribution in [0.25, 0.3) is 0 Å². The van der Waals surface area contributed by atoms with Crippen molar-refractivity contribution in [1.82, 2.24) is 10.2 Å². The largest absolute Gasteiger partial charge is 0.352 e. The number of nitrogens with one attached hydrogen (secondary N) is 1. The summed E-state index contributed by atoms with van der Waals surface area (Å²) < 4.78 is 39.4. The van der Waals surface area contributed by atoms with Crippen molar-refractivity contribution in [2.24, 2.45) is 0 Å². The highest BCUT2D eigenvalue weighted by Crippen LogP contribution is 2.25. The Bertz CT molecular complexity index is 1110. The Morgan fingerprint density at radius 2 is 1.70 bits per heavy atom. The van der Waals surface area contributed by atoms with Crippen molar-refractivity contribution in [1.29, 1.82) is 0 Å². The molecule has 0 spiro atoms. The van der Waals surface area contributed by atoms with E-state index < -0.39 is 34.3 Å². The lowest BCUT2D eigenvalue weighted by atomic mass is 10.1. The summed E-state index contributed by atoms with van der Waals surface area (Å²) in [5, 5.41) is 2.51. The molecule has 1 N–H and O–H groups in total. The summed E-state index contributed by atoms with van der Waals surface area (Å²) in [7, 11) is -3.92. The molecule has 0 heterocycles. The lowest BCUT2D eigenvalue weighted by molar-refractivity contribution is -0.139. The zero-order valence-electron chi connectivity index (χ0n) is 19.3. The third-order valence-corrected chi connectivity index (χ3v) is 6.37. The fraction of sp³-hybridized carbons (Fsp3) is 0.391. The Hall–Kier alpha value is -2.65. The van der Waals surface area contributed by atoms with Gasteiger partial charge in [-0.15, -0.1) is 0 Å². The SMILES string of the molecule is Cc1ccc(CN(C(=O)CN(c2ccc(F)c(Cl)c2)S(C)(=O)=O)[C@H](C)C(=O)NC(C)C)cc1. The molecule has 0 saturated heterocycles. The van der Waals surface area contributed by atoms with E-state index >= 15 is 0 Å². The van der Waals surface area contributed by atoms with Crippen LogP contribution in [0.3, 0.4) is 0 Å². The zero-order valence-corrected chi connectivity index (χ0v) is 20.9. The quantitative estimate of drug-likeness (QED) is 0.574. The molecule has 0 unspecified atom stereocenters. The van der Waals surface area contributed by atoms with Crippen molar-refractivity contribution < 1.29 is 22.4 Å². The normalized spacial score (nSPS) is 12.4. The topological polar surface area (TPSA) is 86.8 Å². The smallest absolute Gasteiger partial charge is 0.244 e. The average molecular weight is 498 g/mol. The van der Waals surface area contributed by atoms with E-state index in [9.17, 15) is 22.4 Å². The summed E-state index contributed by atoms with van der Waals surface area (Å²) in [5.74, 6) is -1.66. The van der Waals surface area contributed by atoms with Crippen LogP contribution in [-0.4, -0.2) is 50.0 Å². The van der Waals surface area contributed by atoms with Gasteiger partial charge in [-0.1, -0.05) is 41.4 Å². The monoisotopic (exact) mass is 497 g/mol. The van der Waals surface area contributed by atoms with Gasteiger partial charge in [0.1, 0.15) is 18.4 Å². The van der Waals surface area contributed by atoms with Crippen LogP contribution in [0.5, 0.6) is 0 Å². The Labute approximate surface area is 199 Å². The summed E-state index contributed by atoms with van der Waals surface area (Å²) in [6.45, 7) is 6.66. The molecular formula is C23H29ClFN3O4S. The number of aryl methyl sites for hydroxylation is 1. The first kappa shape index (κ1) is 26.6. The van der Waals surface area contributed by atoms with E-state index in [0.29, 0.717) is 0 Å². The molecule has 0 aromatic heterocycles. The number of hydrogen-bond acceptors (Lipinski definition) is 4. The maximum Gasteiger partial charge on any atom is 0.244 e. The Morgan fingerprint density at radius 1 is 1.09 bits per heavy atom. The minimum absolute atomic E-state index is 0.0480. The Balaban J connectivity index is 2.40. The van der Waals surface area contributed by atoms with E-state index in [4.69, 9.17) is 11.6 Å². The Morgan fingerprint density at radius 3 is 2.21 bits per heavy atom. The summed E-state index contributed by atoms with van der Waals surface area (Å²) in [6.07, 6.45) is 0.941. The fourth-order valence-corrected chi connectivity index (χ4v) is 4.15. The number of hydrogen-bond donors (Lipinski definition) is 1. The first-order chi connectivity index (χ1) is 15.3. The van der Waals surface area contributed by atoms with E-state index in [2.05, 4.69) is 5.32 Å². The molecule has 0 saturated carbocycles. The van der Waals surface area contributed by atoms with Crippen LogP contribution in [0.2, 0.25) is 5.02 Å². The number of halogens is 2. The van der Waals surface area contributed by atoms with Crippen LogP contribution in [0.4, 0.5) is 10.1 Å². The fourth-order valence-electron chi connectivity index (χ4n) is 3.13. The molecule has 33 heavy (non-hydrogen) atoms. The van der Waals surface area contributed by atoms with Crippen molar-refractivity contribution in [3.05, 3.63) is 64.4 Å². The molecular weight excluding hydrogens is 469 g/mol. The standard InChI is InChI=1S/C23H29ClFN3O4S/c1-15(2)26-23(30)17(4)27(13-18-8-6-16(3)7-9-18)22(29)14-28(33(5,31)32)19-10-11-21(25)20(24)12-19/h6-12,15,17H,13-14H2,1-5H3,(H,26,30)/t17-/m1/s1. The summed E-state index contributed by atoms with van der Waals surface area (Å²) >= 11 is 5.82. The third kappa shape index (κ3) is 7.43. The predicted molar refractivity (Wildman–Crippen MR) is 128 cm³/mol. The number of anilines is 1. The third-order valence-electron chi connectivity index (χ3n) is 4.94. The molecule has 10 heteroatoms. The van der Waals surface area contributed by atoms with Crippen molar-refractivity contribution >= 4 is 39.1 Å². The number of carbonyl (C=O) groups is 2. The van der Waals surface area contributed by atoms with Gasteiger partial charge in [-0.05, 0) is 51.5 Å². The van der Waals surface area contributed by atoms with Gasteiger partial charge in [-0.3, -0.25) is 13.9 Å². The summed E-state index contributed by atoms with van der Waals surface area (Å²) in [6, 6.07) is 9.88. The van der Waals surface area contributed by atoms with Gasteiger partial charge >= 0.3 is 0 Å². The predicted octanol–water partition coefficient (Wildman–Crippen LogP) is 3.50. The van der Waals surface area contributed by atoms with Crippen LogP contribution in [0.1, 0.15) is 31.9 Å². The van der Waals surface area contributed by atoms with Gasteiger partial charge in [0, 0.05) is 12.6 Å². The number of carbonyl (C=O) groups excluding carboxylic acids is 2. The number of sulfonamides is 1. The molecule has 1 atom stereocenters. The van der Waals surface area contributed by atoms with Gasteiger partial charge in [0.25, 0.3) is 0 Å². The first-order valence-electron chi connectivity index (χ1n) is 10.4. The Kier molecular flexibility index (Phi) is 8.85. The number of amides is 2. The van der Waals surface area contributed by atoms with Gasteiger partial charge < -0.3 is 10.2 Å². The van der Waals surface area contributed by atoms with Crippen molar-refractivity contribution in [2.75, 3.05) is 17.1 Å². The maximum atomic E-state index is 13.6. The van der Waals surface area contributed by atoms with Gasteiger partial charge in [0.05, 0.1) is 17.0 Å². The maximum absolute atomic E-state index is 13.6. The molecule has 7 nitrogen and oxygen atoms in total. The zero-order chi connectivity index (χ0) is 24.9. The van der Waals surface area contributed by atoms with E-state index in [1.807, 2.05) is 31.2 Å². The lowest BCUT2D eigenvalue weighted by Gasteiger charge is -2.32. The minimum Gasteiger partial charge on any atom is -0.352 e. The molecule has 0 aliphatic rings. The van der Waals surface area contributed by atoms with Crippen molar-refractivity contribution in [3.63, 3.8) is 0 Å². The molecule has 2 aromatic carbocycles. The molecule has 2 rings (SSSR count). The average Bonchev–Trinajstić information content (AvgIpc) is 2.71. The minimum atomic E-state index is -3.92. The van der Waals surface area contributed by atoms with Crippen molar-refractivity contribution in [3.8, 4) is 0 Å². The van der Waals surface area contributed by atoms with Gasteiger partial charge in [0.2, 0.25) is 21.8 Å². The van der Waals surface area contributed by atoms with Crippen LogP contribution in [0, 0.1) is 12.7 Å². The van der Waals surface area contributed by atoms with Crippen LogP contribution in [0.15, 0.2) is 42.5 Å². The molecule has 180 valence electrons. The van der Waals surface area contributed by atoms with Gasteiger partial charge in [-0.25, -0.2) is 12.8 Å². The van der Waals surface area contributed by atoms with Crippen LogP contribution < -0.4 is 9.62 Å². The number of rotatable bonds is 9. The molecule has 0 fully saturated rings. The molecule has 2 aromatic rings. The second kappa shape index (κ2) is 11.0. The number of benzene rings is 2. The first-order valence-corrected chi connectivity index (χ1v) is 12.6. The summed E-state index contributed by atoms with van der Waals surface area (Å²) in [4.78, 5) is 27.4. The molecule has 0 bridgehead atoms. The second-order valence-corrected chi connectivity index (χ2v) is 10.5. The van der Waals surface area contributed by atoms with Crippen LogP contribution in [-0.2, 0) is 26.2 Å². The van der Waals surface area contributed by atoms with E-state index in [-0.39, 0.29) is 29.2 Å². The highest BCUT2D eigenvalue weighted by molar-refractivity contribution is 7.92. The van der Waals surface area contributed by atoms with Gasteiger partial charge in [0.15, 0.2) is 0 Å². The lowest BCUT2D eigenvalue weighted by Crippen LogP contribution is -2.52. The highest BCUT2D eigenvalue weighted by atomic mass is 35.5. The van der Waals surface area contributed by atoms with Crippen molar-refractivity contribution in [2.45, 2.75) is 46.3 Å². The molecule has 0 radical (unpaired) electrons. The second-order valence-electron chi connectivity index (χ2n) is 8.21. The van der Waals surface area contributed by atoms with Gasteiger partial charge in [-0.2, -0.15) is 0 Å². The number of nitrogens with zero attached hydrogens (tertiary/aromatic N) is 2. The molecule has 2 amide bonds. The van der Waals surface area contributed by atoms with E-state index in [1.165, 1.54) is 11.0 Å². The van der Waals surface area contributed by atoms with E-state index in [1.54, 1.807) is 20.8 Å². The highest BCUT2D eigenvalue weighted by Gasteiger charge is 2.30. The summed E-state index contributed by atoms with van der Waals surface area (Å²) in [5.41, 5.74) is 1.87. The van der Waals surface area contributed by atoms with Crippen LogP contribution >= 0.6 is 11.6 Å². The molecule has 0 aliphatic heterocycles. The van der Waals surface area contributed by atoms with E-state index in [0.717, 1.165) is 33.8 Å².